The molecule has 1 aliphatic carbocycles. The van der Waals surface area contributed by atoms with Gasteiger partial charge in [0.1, 0.15) is 12.6 Å². The van der Waals surface area contributed by atoms with Crippen LogP contribution in [-0.2, 0) is 30.6 Å². The fourth-order valence-corrected chi connectivity index (χ4v) is 4.92. The first-order valence-corrected chi connectivity index (χ1v) is 11.3. The van der Waals surface area contributed by atoms with E-state index in [-0.39, 0.29) is 25.4 Å². The van der Waals surface area contributed by atoms with Crippen LogP contribution in [0, 0.1) is 11.8 Å². The maximum Gasteiger partial charge on any atom is 0.408 e. The van der Waals surface area contributed by atoms with Crippen molar-refractivity contribution in [3.8, 4) is 0 Å². The van der Waals surface area contributed by atoms with Gasteiger partial charge in [0, 0.05) is 18.9 Å². The number of hydrogen-bond acceptors (Lipinski definition) is 7. The minimum Gasteiger partial charge on any atom is -0.445 e. The summed E-state index contributed by atoms with van der Waals surface area (Å²) in [5, 5.41) is 6.64. The lowest BCUT2D eigenvalue weighted by Gasteiger charge is -2.30. The molecule has 3 amide bonds. The minimum absolute atomic E-state index is 0.0135. The Hall–Kier alpha value is -2.94. The summed E-state index contributed by atoms with van der Waals surface area (Å²) in [6.45, 7) is 0.814. The zero-order valence-electron chi connectivity index (χ0n) is 18.0. The molecule has 2 saturated heterocycles. The third-order valence-electron chi connectivity index (χ3n) is 6.58. The number of fused-ring (bicyclic) bond motifs is 1. The summed E-state index contributed by atoms with van der Waals surface area (Å²) in [4.78, 5) is 54.2. The fourth-order valence-electron chi connectivity index (χ4n) is 4.92. The van der Waals surface area contributed by atoms with E-state index in [1.807, 2.05) is 30.3 Å². The summed E-state index contributed by atoms with van der Waals surface area (Å²) in [7, 11) is 0. The summed E-state index contributed by atoms with van der Waals surface area (Å²) in [5.41, 5.74) is 0.820. The van der Waals surface area contributed by atoms with Crippen molar-refractivity contribution >= 4 is 23.9 Å². The third kappa shape index (κ3) is 5.27. The third-order valence-corrected chi connectivity index (χ3v) is 6.58. The maximum atomic E-state index is 12.9. The normalized spacial score (nSPS) is 25.9. The van der Waals surface area contributed by atoms with Crippen LogP contribution in [0.2, 0.25) is 0 Å². The van der Waals surface area contributed by atoms with Crippen molar-refractivity contribution in [3.63, 3.8) is 0 Å². The van der Waals surface area contributed by atoms with Crippen LogP contribution in [0.4, 0.5) is 4.79 Å². The molecule has 0 spiro atoms. The second-order valence-electron chi connectivity index (χ2n) is 8.71. The lowest BCUT2D eigenvalue weighted by molar-refractivity contribution is -0.199. The van der Waals surface area contributed by atoms with E-state index >= 15 is 0 Å². The Morgan fingerprint density at radius 1 is 1.09 bits per heavy atom. The van der Waals surface area contributed by atoms with Crippen LogP contribution >= 0.6 is 0 Å². The van der Waals surface area contributed by atoms with E-state index < -0.39 is 29.9 Å². The molecule has 9 heteroatoms. The number of benzene rings is 1. The average molecular weight is 444 g/mol. The number of nitrogens with one attached hydrogen (secondary N) is 2. The molecule has 4 atom stereocenters. The van der Waals surface area contributed by atoms with Crippen molar-refractivity contribution in [2.45, 2.75) is 63.6 Å². The SMILES string of the molecule is O=C(NC(CC1CNC2CCCCC12)C(=O)ON1C(=O)CCC1=O)OCc1ccccc1. The number of amides is 3. The zero-order valence-corrected chi connectivity index (χ0v) is 18.0. The van der Waals surface area contributed by atoms with Gasteiger partial charge in [0.25, 0.3) is 11.8 Å². The van der Waals surface area contributed by atoms with Crippen LogP contribution < -0.4 is 10.6 Å². The van der Waals surface area contributed by atoms with Gasteiger partial charge in [0.15, 0.2) is 0 Å². The average Bonchev–Trinajstić information content (AvgIpc) is 3.36. The molecule has 9 nitrogen and oxygen atoms in total. The molecular weight excluding hydrogens is 414 g/mol. The Bertz CT molecular complexity index is 845. The highest BCUT2D eigenvalue weighted by atomic mass is 16.7. The van der Waals surface area contributed by atoms with E-state index in [0.29, 0.717) is 23.4 Å². The molecule has 2 aliphatic heterocycles. The predicted octanol–water partition coefficient (Wildman–Crippen LogP) is 2.06. The van der Waals surface area contributed by atoms with E-state index in [4.69, 9.17) is 9.57 Å². The van der Waals surface area contributed by atoms with Gasteiger partial charge in [0.05, 0.1) is 0 Å². The maximum absolute atomic E-state index is 12.9. The smallest absolute Gasteiger partial charge is 0.408 e. The standard InChI is InChI=1S/C23H29N3O6/c27-20-10-11-21(28)26(20)32-22(29)19(12-16-13-24-18-9-5-4-8-17(16)18)25-23(30)31-14-15-6-2-1-3-7-15/h1-3,6-7,16-19,24H,4-5,8-14H2,(H,25,30). The molecule has 3 aliphatic rings. The molecule has 3 fully saturated rings. The van der Waals surface area contributed by atoms with E-state index in [1.54, 1.807) is 0 Å². The van der Waals surface area contributed by atoms with Gasteiger partial charge in [-0.25, -0.2) is 9.59 Å². The molecular formula is C23H29N3O6. The van der Waals surface area contributed by atoms with Crippen molar-refractivity contribution in [3.05, 3.63) is 35.9 Å². The second kappa shape index (κ2) is 10.1. The summed E-state index contributed by atoms with van der Waals surface area (Å²) < 4.78 is 5.27. The van der Waals surface area contributed by atoms with Crippen LogP contribution in [0.15, 0.2) is 30.3 Å². The Labute approximate surface area is 186 Å². The van der Waals surface area contributed by atoms with Gasteiger partial charge in [0.2, 0.25) is 0 Å². The molecule has 172 valence electrons. The molecule has 1 aromatic rings. The molecule has 2 heterocycles. The molecule has 1 saturated carbocycles. The predicted molar refractivity (Wildman–Crippen MR) is 113 cm³/mol. The fraction of sp³-hybridized carbons (Fsp3) is 0.565. The Morgan fingerprint density at radius 2 is 1.81 bits per heavy atom. The second-order valence-corrected chi connectivity index (χ2v) is 8.71. The number of carbonyl (C=O) groups is 4. The topological polar surface area (TPSA) is 114 Å². The summed E-state index contributed by atoms with van der Waals surface area (Å²) in [6, 6.07) is 8.62. The Balaban J connectivity index is 1.40. The van der Waals surface area contributed by atoms with Gasteiger partial charge >= 0.3 is 12.1 Å². The Morgan fingerprint density at radius 3 is 2.56 bits per heavy atom. The summed E-state index contributed by atoms with van der Waals surface area (Å²) in [5.74, 6) is -1.33. The number of carbonyl (C=O) groups excluding carboxylic acids is 4. The largest absolute Gasteiger partial charge is 0.445 e. The van der Waals surface area contributed by atoms with E-state index in [1.165, 1.54) is 6.42 Å². The summed E-state index contributed by atoms with van der Waals surface area (Å²) in [6.07, 6.45) is 4.16. The Kier molecular flexibility index (Phi) is 7.04. The van der Waals surface area contributed by atoms with Crippen LogP contribution in [0.3, 0.4) is 0 Å². The van der Waals surface area contributed by atoms with Crippen LogP contribution in [0.1, 0.15) is 50.5 Å². The lowest BCUT2D eigenvalue weighted by atomic mass is 9.77. The molecule has 4 rings (SSSR count). The highest BCUT2D eigenvalue weighted by Gasteiger charge is 2.41. The lowest BCUT2D eigenvalue weighted by Crippen LogP contribution is -2.47. The van der Waals surface area contributed by atoms with Gasteiger partial charge in [-0.15, -0.1) is 5.06 Å². The molecule has 0 radical (unpaired) electrons. The van der Waals surface area contributed by atoms with Gasteiger partial charge in [-0.2, -0.15) is 0 Å². The molecule has 0 aromatic heterocycles. The number of ether oxygens (including phenoxy) is 1. The van der Waals surface area contributed by atoms with Crippen molar-refractivity contribution in [2.24, 2.45) is 11.8 Å². The van der Waals surface area contributed by atoms with Crippen molar-refractivity contribution in [2.75, 3.05) is 6.54 Å². The monoisotopic (exact) mass is 443 g/mol. The number of rotatable bonds is 7. The van der Waals surface area contributed by atoms with Gasteiger partial charge in [-0.05, 0) is 43.2 Å². The highest BCUT2D eigenvalue weighted by molar-refractivity contribution is 6.01. The molecule has 0 bridgehead atoms. The first-order valence-electron chi connectivity index (χ1n) is 11.3. The van der Waals surface area contributed by atoms with Crippen molar-refractivity contribution in [1.82, 2.24) is 15.7 Å². The van der Waals surface area contributed by atoms with Crippen LogP contribution in [0.5, 0.6) is 0 Å². The molecule has 1 aromatic carbocycles. The summed E-state index contributed by atoms with van der Waals surface area (Å²) >= 11 is 0. The highest BCUT2D eigenvalue weighted by Crippen LogP contribution is 2.37. The van der Waals surface area contributed by atoms with Crippen LogP contribution in [-0.4, -0.2) is 47.6 Å². The molecule has 4 unspecified atom stereocenters. The van der Waals surface area contributed by atoms with Crippen molar-refractivity contribution in [1.29, 1.82) is 0 Å². The van der Waals surface area contributed by atoms with E-state index in [0.717, 1.165) is 31.4 Å². The molecule has 32 heavy (non-hydrogen) atoms. The van der Waals surface area contributed by atoms with Gasteiger partial charge < -0.3 is 20.2 Å². The van der Waals surface area contributed by atoms with Crippen LogP contribution in [0.25, 0.3) is 0 Å². The number of imide groups is 1. The zero-order chi connectivity index (χ0) is 22.5. The molecule has 2 N–H and O–H groups in total. The first kappa shape index (κ1) is 22.3. The number of alkyl carbamates (subject to hydrolysis) is 1. The number of nitrogens with zero attached hydrogens (tertiary/aromatic N) is 1. The van der Waals surface area contributed by atoms with E-state index in [2.05, 4.69) is 10.6 Å². The minimum atomic E-state index is -1.02. The van der Waals surface area contributed by atoms with Crippen molar-refractivity contribution < 1.29 is 28.8 Å². The van der Waals surface area contributed by atoms with E-state index in [9.17, 15) is 19.2 Å². The van der Waals surface area contributed by atoms with Gasteiger partial charge in [-0.1, -0.05) is 43.2 Å². The van der Waals surface area contributed by atoms with Gasteiger partial charge in [-0.3, -0.25) is 9.59 Å². The first-order chi connectivity index (χ1) is 15.5. The number of hydrogen-bond donors (Lipinski definition) is 2. The quantitative estimate of drug-likeness (QED) is 0.620. The number of hydroxylamine groups is 2.